The van der Waals surface area contributed by atoms with Crippen LogP contribution in [0.3, 0.4) is 0 Å². The second kappa shape index (κ2) is 20.5. The SMILES string of the molecule is COc1ccc(CCCC(=O)OCCCCCCNCC(O)c2cc(Cl)c(N)c(Cl)c2)cc1.O=C([O-])/C=C\C(=O)[O-]. The molecule has 226 valence electrons. The van der Waals surface area contributed by atoms with Crippen LogP contribution in [0.15, 0.2) is 48.6 Å². The van der Waals surface area contributed by atoms with Crippen LogP contribution in [0.2, 0.25) is 10.0 Å². The van der Waals surface area contributed by atoms with Gasteiger partial charge in [0.2, 0.25) is 0 Å². The van der Waals surface area contributed by atoms with Crippen molar-refractivity contribution in [2.45, 2.75) is 51.0 Å². The number of aliphatic carboxylic acids is 2. The number of carboxylic acids is 2. The molecule has 2 rings (SSSR count). The minimum absolute atomic E-state index is 0.137. The number of unbranched alkanes of at least 4 members (excludes halogenated alkanes) is 3. The highest BCUT2D eigenvalue weighted by molar-refractivity contribution is 6.38. The summed E-state index contributed by atoms with van der Waals surface area (Å²) >= 11 is 12.0. The van der Waals surface area contributed by atoms with Crippen molar-refractivity contribution in [3.63, 3.8) is 0 Å². The summed E-state index contributed by atoms with van der Waals surface area (Å²) in [5.74, 6) is -2.40. The number of hydrogen-bond donors (Lipinski definition) is 3. The molecule has 2 aromatic rings. The quantitative estimate of drug-likeness (QED) is 0.104. The van der Waals surface area contributed by atoms with Gasteiger partial charge >= 0.3 is 5.97 Å². The second-order valence-electron chi connectivity index (χ2n) is 8.93. The normalized spacial score (nSPS) is 11.4. The molecule has 0 heterocycles. The van der Waals surface area contributed by atoms with E-state index < -0.39 is 18.0 Å². The fourth-order valence-corrected chi connectivity index (χ4v) is 3.99. The van der Waals surface area contributed by atoms with Crippen LogP contribution in [0.5, 0.6) is 5.75 Å². The maximum atomic E-state index is 11.8. The Bertz CT molecular complexity index is 1090. The number of carbonyl (C=O) groups is 3. The third-order valence-corrected chi connectivity index (χ3v) is 6.32. The molecule has 0 aliphatic carbocycles. The number of methoxy groups -OCH3 is 1. The minimum Gasteiger partial charge on any atom is -0.545 e. The number of anilines is 1. The average molecular weight is 612 g/mol. The molecule has 12 heteroatoms. The molecule has 0 radical (unpaired) electrons. The molecule has 0 aliphatic heterocycles. The number of halogens is 2. The number of aliphatic hydroxyl groups excluding tert-OH is 1. The molecule has 10 nitrogen and oxygen atoms in total. The van der Waals surface area contributed by atoms with Crippen LogP contribution in [0.4, 0.5) is 5.69 Å². The number of rotatable bonds is 17. The highest BCUT2D eigenvalue weighted by atomic mass is 35.5. The van der Waals surface area contributed by atoms with Gasteiger partial charge < -0.3 is 45.4 Å². The maximum Gasteiger partial charge on any atom is 0.305 e. The van der Waals surface area contributed by atoms with Crippen LogP contribution >= 0.6 is 23.2 Å². The van der Waals surface area contributed by atoms with E-state index in [0.717, 1.165) is 50.8 Å². The van der Waals surface area contributed by atoms with Gasteiger partial charge in [-0.2, -0.15) is 0 Å². The number of carbonyl (C=O) groups excluding carboxylic acids is 3. The molecule has 1 unspecified atom stereocenters. The van der Waals surface area contributed by atoms with Crippen molar-refractivity contribution in [1.82, 2.24) is 5.32 Å². The largest absolute Gasteiger partial charge is 0.545 e. The van der Waals surface area contributed by atoms with Crippen LogP contribution in [-0.2, 0) is 25.5 Å². The molecule has 2 aromatic carbocycles. The lowest BCUT2D eigenvalue weighted by Gasteiger charge is -2.14. The average Bonchev–Trinajstić information content (AvgIpc) is 2.94. The number of ether oxygens (including phenoxy) is 2. The van der Waals surface area contributed by atoms with Gasteiger partial charge in [-0.3, -0.25) is 4.79 Å². The van der Waals surface area contributed by atoms with E-state index in [-0.39, 0.29) is 5.97 Å². The van der Waals surface area contributed by atoms with E-state index in [1.54, 1.807) is 19.2 Å². The van der Waals surface area contributed by atoms with Gasteiger partial charge in [0.15, 0.2) is 0 Å². The van der Waals surface area contributed by atoms with Crippen LogP contribution in [0, 0.1) is 0 Å². The van der Waals surface area contributed by atoms with Crippen molar-refractivity contribution in [2.24, 2.45) is 0 Å². The number of nitrogens with two attached hydrogens (primary N) is 1. The molecule has 0 aliphatic rings. The molecule has 0 saturated heterocycles. The van der Waals surface area contributed by atoms with Crippen molar-refractivity contribution in [1.29, 1.82) is 0 Å². The van der Waals surface area contributed by atoms with E-state index in [2.05, 4.69) is 5.32 Å². The summed E-state index contributed by atoms with van der Waals surface area (Å²) in [5.41, 5.74) is 7.86. The topological polar surface area (TPSA) is 174 Å². The fourth-order valence-electron chi connectivity index (χ4n) is 3.48. The first-order chi connectivity index (χ1) is 19.5. The lowest BCUT2D eigenvalue weighted by Crippen LogP contribution is -2.23. The zero-order valence-electron chi connectivity index (χ0n) is 22.9. The van der Waals surface area contributed by atoms with Crippen LogP contribution in [0.1, 0.15) is 55.8 Å². The van der Waals surface area contributed by atoms with Crippen molar-refractivity contribution in [3.8, 4) is 5.75 Å². The van der Waals surface area contributed by atoms with Gasteiger partial charge in [-0.15, -0.1) is 0 Å². The molecule has 0 spiro atoms. The van der Waals surface area contributed by atoms with Gasteiger partial charge in [-0.1, -0.05) is 48.2 Å². The Morgan fingerprint density at radius 3 is 2.12 bits per heavy atom. The number of nitrogen functional groups attached to an aromatic ring is 1. The van der Waals surface area contributed by atoms with Crippen LogP contribution in [-0.4, -0.2) is 49.8 Å². The fraction of sp³-hybridized carbons (Fsp3) is 0.414. The number of carboxylic acid groups (broad SMARTS) is 2. The summed E-state index contributed by atoms with van der Waals surface area (Å²) in [6, 6.07) is 11.2. The predicted octanol–water partition coefficient (Wildman–Crippen LogP) is 2.38. The first-order valence-corrected chi connectivity index (χ1v) is 13.8. The Morgan fingerprint density at radius 2 is 1.56 bits per heavy atom. The van der Waals surface area contributed by atoms with Gasteiger partial charge in [-0.25, -0.2) is 0 Å². The van der Waals surface area contributed by atoms with Crippen molar-refractivity contribution >= 4 is 46.8 Å². The van der Waals surface area contributed by atoms with Crippen molar-refractivity contribution in [2.75, 3.05) is 32.5 Å². The first-order valence-electron chi connectivity index (χ1n) is 13.0. The van der Waals surface area contributed by atoms with Crippen molar-refractivity contribution < 1.29 is 39.2 Å². The highest BCUT2D eigenvalue weighted by Crippen LogP contribution is 2.31. The van der Waals surface area contributed by atoms with E-state index in [4.69, 9.17) is 38.4 Å². The van der Waals surface area contributed by atoms with E-state index in [0.29, 0.717) is 53.0 Å². The Kier molecular flexibility index (Phi) is 17.9. The summed E-state index contributed by atoms with van der Waals surface area (Å²) < 4.78 is 10.5. The lowest BCUT2D eigenvalue weighted by molar-refractivity contribution is -0.301. The number of aliphatic hydroxyl groups is 1. The van der Waals surface area contributed by atoms with E-state index in [1.165, 1.54) is 5.56 Å². The summed E-state index contributed by atoms with van der Waals surface area (Å²) in [7, 11) is 1.64. The molecule has 41 heavy (non-hydrogen) atoms. The number of nitrogens with one attached hydrogen (secondary N) is 1. The number of benzene rings is 2. The van der Waals surface area contributed by atoms with Gasteiger partial charge in [0.25, 0.3) is 0 Å². The Hall–Kier alpha value is -3.31. The second-order valence-corrected chi connectivity index (χ2v) is 9.74. The summed E-state index contributed by atoms with van der Waals surface area (Å²) in [5, 5.41) is 33.0. The third-order valence-electron chi connectivity index (χ3n) is 5.70. The lowest BCUT2D eigenvalue weighted by atomic mass is 10.1. The minimum atomic E-state index is -1.55. The molecule has 0 aromatic heterocycles. The molecule has 0 bridgehead atoms. The highest BCUT2D eigenvalue weighted by Gasteiger charge is 2.12. The Balaban J connectivity index is 0.000000915. The molecular weight excluding hydrogens is 575 g/mol. The number of hydrogen-bond acceptors (Lipinski definition) is 10. The van der Waals surface area contributed by atoms with E-state index in [9.17, 15) is 29.7 Å². The summed E-state index contributed by atoms with van der Waals surface area (Å²) in [6.07, 6.45) is 5.97. The third kappa shape index (κ3) is 16.5. The number of esters is 1. The monoisotopic (exact) mass is 610 g/mol. The summed E-state index contributed by atoms with van der Waals surface area (Å²) in [4.78, 5) is 30.7. The molecule has 0 saturated carbocycles. The van der Waals surface area contributed by atoms with Crippen molar-refractivity contribution in [3.05, 3.63) is 69.7 Å². The van der Waals surface area contributed by atoms with E-state index >= 15 is 0 Å². The van der Waals surface area contributed by atoms with Gasteiger partial charge in [0.1, 0.15) is 5.75 Å². The molecule has 0 fully saturated rings. The van der Waals surface area contributed by atoms with Crippen LogP contribution in [0.25, 0.3) is 0 Å². The standard InChI is InChI=1S/C25H34Cl2N2O4.C4H4O4/c1-32-20-11-9-18(10-12-20)7-6-8-24(31)33-14-5-3-2-4-13-29-17-23(30)19-15-21(26)25(28)22(27)16-19;5-3(6)1-2-4(7)8/h9-12,15-16,23,29-30H,2-8,13-14,17,28H2,1H3;1-2H,(H,5,6)(H,7,8)/p-2/b;2-1-. The first kappa shape index (κ1) is 35.7. The Morgan fingerprint density at radius 1 is 0.976 bits per heavy atom. The van der Waals surface area contributed by atoms with Crippen LogP contribution < -0.4 is 26.0 Å². The number of aryl methyl sites for hydroxylation is 1. The predicted molar refractivity (Wildman–Crippen MR) is 153 cm³/mol. The summed E-state index contributed by atoms with van der Waals surface area (Å²) in [6.45, 7) is 1.66. The zero-order valence-corrected chi connectivity index (χ0v) is 24.4. The zero-order chi connectivity index (χ0) is 30.6. The molecule has 1 atom stereocenters. The molecule has 0 amide bonds. The smallest absolute Gasteiger partial charge is 0.305 e. The van der Waals surface area contributed by atoms with Gasteiger partial charge in [0, 0.05) is 13.0 Å². The molecule has 4 N–H and O–H groups in total. The Labute approximate surface area is 250 Å². The maximum absolute atomic E-state index is 11.8. The molecular formula is C29H36Cl2N2O8-2. The van der Waals surface area contributed by atoms with E-state index in [1.807, 2.05) is 24.3 Å². The van der Waals surface area contributed by atoms with Gasteiger partial charge in [0.05, 0.1) is 47.5 Å². The van der Waals surface area contributed by atoms with Gasteiger partial charge in [-0.05, 0) is 79.8 Å².